The van der Waals surface area contributed by atoms with Crippen LogP contribution in [0, 0.1) is 11.8 Å². The third-order valence-corrected chi connectivity index (χ3v) is 32.3. The Balaban J connectivity index is 0.00000235. The first-order chi connectivity index (χ1) is 27.3. The number of allylic oxidation sites excluding steroid dienone is 2. The molecule has 0 N–H and O–H groups in total. The van der Waals surface area contributed by atoms with Crippen LogP contribution >= 0.6 is 24.8 Å². The fourth-order valence-electron chi connectivity index (χ4n) is 12.4. The van der Waals surface area contributed by atoms with Gasteiger partial charge in [-0.1, -0.05) is 0 Å². The normalized spacial score (nSPS) is 19.8. The second-order valence-corrected chi connectivity index (χ2v) is 49.9. The summed E-state index contributed by atoms with van der Waals surface area (Å²) in [4.78, 5) is 0. The van der Waals surface area contributed by atoms with Crippen LogP contribution in [0.25, 0.3) is 56.0 Å². The standard InChI is InChI=1S/2C26H25.2CH3.2ClH.H2Si.Zr/c2*1-2-7-19(8-3-1)15-20-16-23-11-6-12-25(26(23)17-20)24-14-13-21-9-4-5-10-22(21)18-24;;;;;;/h2*4-6,9-14,16-19H,1-3,7-8,15H2;2*1H3;2*1H;1H2;. The molecule has 0 heterocycles. The molecule has 0 saturated heterocycles. The van der Waals surface area contributed by atoms with E-state index in [0.29, 0.717) is 7.25 Å². The number of hydrogen-bond donors (Lipinski definition) is 0. The van der Waals surface area contributed by atoms with Crippen LogP contribution in [0.1, 0.15) is 107 Å². The monoisotopic (exact) mass is 896 g/mol. The summed E-state index contributed by atoms with van der Waals surface area (Å²) in [6.07, 6.45) is 22.1. The minimum absolute atomic E-state index is 0. The molecule has 0 spiro atoms. The van der Waals surface area contributed by atoms with E-state index < -0.39 is 17.4 Å². The van der Waals surface area contributed by atoms with E-state index in [9.17, 15) is 0 Å². The molecular weight excluding hydrogens is 839 g/mol. The molecule has 0 bridgehead atoms. The molecule has 0 nitrogen and oxygen atoms in total. The average molecular weight is 899 g/mol. The van der Waals surface area contributed by atoms with Crippen molar-refractivity contribution < 1.29 is 17.4 Å². The van der Waals surface area contributed by atoms with E-state index in [-0.39, 0.29) is 24.8 Å². The van der Waals surface area contributed by atoms with Crippen LogP contribution in [0.15, 0.2) is 132 Å². The summed E-state index contributed by atoms with van der Waals surface area (Å²) in [5.41, 5.74) is 15.5. The van der Waals surface area contributed by atoms with Gasteiger partial charge in [0, 0.05) is 0 Å². The van der Waals surface area contributed by atoms with Crippen molar-refractivity contribution in [3.8, 4) is 22.3 Å². The van der Waals surface area contributed by atoms with Crippen molar-refractivity contribution >= 4 is 65.4 Å². The van der Waals surface area contributed by atoms with Crippen molar-refractivity contribution in [1.29, 1.82) is 0 Å². The molecular formula is C54H60Cl2SiZr. The molecule has 10 rings (SSSR count). The number of hydrogen-bond acceptors (Lipinski definition) is 0. The zero-order valence-corrected chi connectivity index (χ0v) is 40.0. The van der Waals surface area contributed by atoms with E-state index in [0.717, 1.165) is 11.8 Å². The molecule has 0 aromatic heterocycles. The Morgan fingerprint density at radius 2 is 0.862 bits per heavy atom. The van der Waals surface area contributed by atoms with Gasteiger partial charge in [-0.15, -0.1) is 24.8 Å². The van der Waals surface area contributed by atoms with Gasteiger partial charge in [0.25, 0.3) is 0 Å². The Kier molecular flexibility index (Phi) is 12.1. The summed E-state index contributed by atoms with van der Waals surface area (Å²) in [7, 11) is 0. The molecule has 2 unspecified atom stereocenters. The first-order valence-corrected chi connectivity index (χ1v) is 35.7. The van der Waals surface area contributed by atoms with Gasteiger partial charge in [-0.25, -0.2) is 0 Å². The fourth-order valence-corrected chi connectivity index (χ4v) is 32.1. The van der Waals surface area contributed by atoms with E-state index in [4.69, 9.17) is 0 Å². The molecule has 0 aliphatic heterocycles. The molecule has 58 heavy (non-hydrogen) atoms. The number of benzene rings is 6. The van der Waals surface area contributed by atoms with Crippen molar-refractivity contribution in [3.05, 3.63) is 155 Å². The van der Waals surface area contributed by atoms with Crippen LogP contribution in [0.4, 0.5) is 0 Å². The SMILES string of the molecule is Cl.Cl.[CH3][Zr]([CH3])(=[SiH2])([CH]1C(CC2CCCCC2)=Cc2c(-c3ccc4ccccc4c3)cccc21)[CH]1C(CC2CCCCC2)=Cc2c(-c3ccc4ccccc4c3)cccc21. The van der Waals surface area contributed by atoms with Crippen molar-refractivity contribution in [2.45, 2.75) is 93.6 Å². The summed E-state index contributed by atoms with van der Waals surface area (Å²) >= 11 is -3.88. The Bertz CT molecular complexity index is 2440. The Hall–Kier alpha value is -3.00. The molecule has 298 valence electrons. The van der Waals surface area contributed by atoms with E-state index in [1.54, 1.807) is 22.3 Å². The molecule has 2 fully saturated rings. The van der Waals surface area contributed by atoms with Gasteiger partial charge in [0.15, 0.2) is 0 Å². The van der Waals surface area contributed by atoms with Crippen LogP contribution in [-0.2, 0) is 17.4 Å². The third kappa shape index (κ3) is 7.64. The molecule has 4 aliphatic rings. The van der Waals surface area contributed by atoms with Crippen LogP contribution < -0.4 is 0 Å². The maximum absolute atomic E-state index is 3.88. The van der Waals surface area contributed by atoms with Crippen LogP contribution in [0.5, 0.6) is 0 Å². The zero-order valence-electron chi connectivity index (χ0n) is 34.5. The maximum atomic E-state index is 2.90. The average Bonchev–Trinajstić information content (AvgIpc) is 3.80. The molecule has 2 saturated carbocycles. The van der Waals surface area contributed by atoms with E-state index in [2.05, 4.69) is 150 Å². The summed E-state index contributed by atoms with van der Waals surface area (Å²) in [5.74, 6) is 1.63. The molecule has 0 amide bonds. The Morgan fingerprint density at radius 1 is 0.466 bits per heavy atom. The number of halogens is 2. The van der Waals surface area contributed by atoms with Gasteiger partial charge in [-0.3, -0.25) is 0 Å². The number of fused-ring (bicyclic) bond motifs is 4. The van der Waals surface area contributed by atoms with Crippen LogP contribution in [0.3, 0.4) is 0 Å². The second kappa shape index (κ2) is 16.8. The fraction of sp³-hybridized carbons (Fsp3) is 0.333. The van der Waals surface area contributed by atoms with Gasteiger partial charge >= 0.3 is 340 Å². The minimum atomic E-state index is -3.88. The van der Waals surface area contributed by atoms with Crippen molar-refractivity contribution in [2.75, 3.05) is 0 Å². The molecule has 6 aromatic rings. The first kappa shape index (κ1) is 41.7. The molecule has 4 heteroatoms. The number of rotatable bonds is 8. The van der Waals surface area contributed by atoms with Gasteiger partial charge in [0.2, 0.25) is 0 Å². The summed E-state index contributed by atoms with van der Waals surface area (Å²) in [6.45, 7) is 2.56. The third-order valence-electron chi connectivity index (χ3n) is 14.8. The van der Waals surface area contributed by atoms with E-state index in [1.165, 1.54) is 132 Å². The predicted molar refractivity (Wildman–Crippen MR) is 257 cm³/mol. The summed E-state index contributed by atoms with van der Waals surface area (Å²) in [6, 6.07) is 46.8. The zero-order chi connectivity index (χ0) is 37.9. The van der Waals surface area contributed by atoms with Gasteiger partial charge in [0.1, 0.15) is 0 Å². The van der Waals surface area contributed by atoms with Crippen molar-refractivity contribution in [1.82, 2.24) is 0 Å². The van der Waals surface area contributed by atoms with Gasteiger partial charge in [-0.2, -0.15) is 0 Å². The van der Waals surface area contributed by atoms with E-state index >= 15 is 0 Å². The van der Waals surface area contributed by atoms with Crippen LogP contribution in [0.2, 0.25) is 9.26 Å². The second-order valence-electron chi connectivity index (χ2n) is 19.4. The predicted octanol–water partition coefficient (Wildman–Crippen LogP) is 16.0. The van der Waals surface area contributed by atoms with Gasteiger partial charge < -0.3 is 0 Å². The molecule has 4 aliphatic carbocycles. The quantitative estimate of drug-likeness (QED) is 0.134. The van der Waals surface area contributed by atoms with Gasteiger partial charge in [0.05, 0.1) is 0 Å². The van der Waals surface area contributed by atoms with Gasteiger partial charge in [-0.05, 0) is 0 Å². The van der Waals surface area contributed by atoms with E-state index in [1.807, 2.05) is 0 Å². The summed E-state index contributed by atoms with van der Waals surface area (Å²) < 4.78 is 6.88. The van der Waals surface area contributed by atoms with Crippen molar-refractivity contribution in [3.63, 3.8) is 0 Å². The topological polar surface area (TPSA) is 0 Å². The Morgan fingerprint density at radius 3 is 1.28 bits per heavy atom. The Labute approximate surface area is 362 Å². The molecule has 0 radical (unpaired) electrons. The van der Waals surface area contributed by atoms with Crippen molar-refractivity contribution in [2.24, 2.45) is 11.8 Å². The van der Waals surface area contributed by atoms with Crippen LogP contribution in [-0.4, -0.2) is 6.88 Å². The summed E-state index contributed by atoms with van der Waals surface area (Å²) in [5, 5.41) is 5.31. The first-order valence-electron chi connectivity index (χ1n) is 22.0. The molecule has 2 atom stereocenters. The molecule has 6 aromatic carbocycles.